The van der Waals surface area contributed by atoms with Gasteiger partial charge >= 0.3 is 0 Å². The van der Waals surface area contributed by atoms with Crippen LogP contribution in [0, 0.1) is 28.6 Å². The van der Waals surface area contributed by atoms with Gasteiger partial charge in [0.05, 0.1) is 48.7 Å². The highest BCUT2D eigenvalue weighted by atomic mass is 16.5. The van der Waals surface area contributed by atoms with E-state index < -0.39 is 12.0 Å². The Morgan fingerprint density at radius 3 is 1.82 bits per heavy atom. The molecule has 9 heteroatoms. The van der Waals surface area contributed by atoms with Crippen LogP contribution in [-0.2, 0) is 4.74 Å². The number of ether oxygens (including phenoxy) is 7. The lowest BCUT2D eigenvalue weighted by Crippen LogP contribution is -2.38. The number of benzene rings is 2. The normalized spacial score (nSPS) is 21.4. The van der Waals surface area contributed by atoms with Crippen molar-refractivity contribution in [1.82, 2.24) is 0 Å². The topological polar surface area (TPSA) is 112 Å². The van der Waals surface area contributed by atoms with E-state index in [0.717, 1.165) is 40.7 Å². The van der Waals surface area contributed by atoms with Gasteiger partial charge in [-0.3, -0.25) is 5.41 Å². The van der Waals surface area contributed by atoms with Gasteiger partial charge in [0.25, 0.3) is 0 Å². The molecule has 1 fully saturated rings. The summed E-state index contributed by atoms with van der Waals surface area (Å²) in [7, 11) is 9.37. The van der Waals surface area contributed by atoms with Crippen LogP contribution in [0.5, 0.6) is 34.5 Å². The molecule has 9 nitrogen and oxygen atoms in total. The molecule has 39 heavy (non-hydrogen) atoms. The first kappa shape index (κ1) is 27.7. The van der Waals surface area contributed by atoms with Gasteiger partial charge in [0.1, 0.15) is 12.0 Å². The predicted octanol–water partition coefficient (Wildman–Crippen LogP) is 5.52. The molecule has 0 bridgehead atoms. The lowest BCUT2D eigenvalue weighted by molar-refractivity contribution is 0.206. The highest BCUT2D eigenvalue weighted by molar-refractivity contribution is 5.97. The Kier molecular flexibility index (Phi) is 8.24. The fraction of sp³-hybridized carbons (Fsp3) is 0.400. The Bertz CT molecular complexity index is 1320. The first-order valence-corrected chi connectivity index (χ1v) is 12.5. The minimum absolute atomic E-state index is 0.0973. The third-order valence-corrected chi connectivity index (χ3v) is 7.27. The molecule has 0 radical (unpaired) electrons. The summed E-state index contributed by atoms with van der Waals surface area (Å²) in [5.74, 6) is 2.16. The van der Waals surface area contributed by atoms with E-state index in [2.05, 4.69) is 13.0 Å². The summed E-state index contributed by atoms with van der Waals surface area (Å²) < 4.78 is 39.4. The summed E-state index contributed by atoms with van der Waals surface area (Å²) in [6, 6.07) is 9.69. The van der Waals surface area contributed by atoms with Crippen molar-refractivity contribution in [3.63, 3.8) is 0 Å². The number of methoxy groups -OCH3 is 6. The molecule has 0 aromatic heterocycles. The highest BCUT2D eigenvalue weighted by Gasteiger charge is 2.42. The van der Waals surface area contributed by atoms with E-state index in [0.29, 0.717) is 34.5 Å². The van der Waals surface area contributed by atoms with Crippen molar-refractivity contribution >= 4 is 17.5 Å². The second-order valence-electron chi connectivity index (χ2n) is 9.32. The Labute approximate surface area is 229 Å². The van der Waals surface area contributed by atoms with E-state index in [1.807, 2.05) is 30.3 Å². The number of nitrogens with one attached hydrogen (secondary N) is 1. The predicted molar refractivity (Wildman–Crippen MR) is 147 cm³/mol. The zero-order valence-corrected chi connectivity index (χ0v) is 23.3. The molecular weight excluding hydrogens is 500 g/mol. The molecule has 2 aromatic carbocycles. The molecule has 1 N–H and O–H groups in total. The van der Waals surface area contributed by atoms with Crippen molar-refractivity contribution < 1.29 is 33.2 Å². The summed E-state index contributed by atoms with van der Waals surface area (Å²) in [6.45, 7) is 2.13. The van der Waals surface area contributed by atoms with Crippen molar-refractivity contribution in [2.24, 2.45) is 11.8 Å². The molecule has 1 aliphatic carbocycles. The molecule has 1 saturated carbocycles. The molecule has 4 rings (SSSR count). The fourth-order valence-corrected chi connectivity index (χ4v) is 5.41. The van der Waals surface area contributed by atoms with Crippen molar-refractivity contribution in [2.75, 3.05) is 42.7 Å². The first-order valence-electron chi connectivity index (χ1n) is 12.5. The van der Waals surface area contributed by atoms with E-state index in [9.17, 15) is 5.26 Å². The number of rotatable bonds is 8. The van der Waals surface area contributed by atoms with Crippen LogP contribution in [0.15, 0.2) is 35.4 Å². The molecule has 0 spiro atoms. The standard InChI is InChI=1S/C30H34N2O7/c1-16-8-9-18(10-17-11-21(33-2)28(37-6)22(12-17)34-3)27-25(16)26(20(15-31)30(32)39-27)19-13-23(35-4)29(38-7)24(14-19)36-5/h10-14,16,20,27,32H,8-9H2,1-7H3/b18-10+,32-30?. The molecule has 2 aromatic rings. The van der Waals surface area contributed by atoms with Crippen LogP contribution in [-0.4, -0.2) is 54.7 Å². The van der Waals surface area contributed by atoms with Gasteiger partial charge in [0.15, 0.2) is 23.0 Å². The average molecular weight is 535 g/mol. The van der Waals surface area contributed by atoms with Crippen LogP contribution in [0.4, 0.5) is 0 Å². The third-order valence-electron chi connectivity index (χ3n) is 7.27. The summed E-state index contributed by atoms with van der Waals surface area (Å²) in [5, 5.41) is 18.8. The van der Waals surface area contributed by atoms with Crippen LogP contribution in [0.25, 0.3) is 11.6 Å². The Hall–Kier alpha value is -4.32. The van der Waals surface area contributed by atoms with Crippen LogP contribution in [0.1, 0.15) is 30.9 Å². The zero-order chi connectivity index (χ0) is 28.3. The van der Waals surface area contributed by atoms with Gasteiger partial charge in [0.2, 0.25) is 17.4 Å². The van der Waals surface area contributed by atoms with Gasteiger partial charge in [-0.25, -0.2) is 0 Å². The van der Waals surface area contributed by atoms with Crippen LogP contribution < -0.4 is 28.4 Å². The largest absolute Gasteiger partial charge is 0.493 e. The van der Waals surface area contributed by atoms with Gasteiger partial charge in [-0.1, -0.05) is 13.0 Å². The van der Waals surface area contributed by atoms with Gasteiger partial charge in [0, 0.05) is 0 Å². The SMILES string of the molecule is COc1cc(/C=C2\CCC(C)C3=C(c4cc(OC)c(OC)c(OC)c4)C(C#N)C(=N)OC32)cc(OC)c1OC. The van der Waals surface area contributed by atoms with E-state index in [1.54, 1.807) is 42.7 Å². The van der Waals surface area contributed by atoms with Crippen molar-refractivity contribution in [3.05, 3.63) is 46.5 Å². The van der Waals surface area contributed by atoms with Crippen molar-refractivity contribution in [2.45, 2.75) is 25.9 Å². The number of hydrogen-bond donors (Lipinski definition) is 1. The lowest BCUT2D eigenvalue weighted by Gasteiger charge is -2.40. The Morgan fingerprint density at radius 1 is 0.846 bits per heavy atom. The third kappa shape index (κ3) is 4.94. The summed E-state index contributed by atoms with van der Waals surface area (Å²) in [6.07, 6.45) is 3.15. The van der Waals surface area contributed by atoms with Crippen LogP contribution >= 0.6 is 0 Å². The molecule has 0 saturated heterocycles. The maximum atomic E-state index is 10.1. The first-order chi connectivity index (χ1) is 18.8. The van der Waals surface area contributed by atoms with Gasteiger partial charge < -0.3 is 33.2 Å². The van der Waals surface area contributed by atoms with Gasteiger partial charge in [-0.2, -0.15) is 5.26 Å². The molecule has 0 amide bonds. The molecule has 1 aliphatic heterocycles. The summed E-state index contributed by atoms with van der Waals surface area (Å²) >= 11 is 0. The van der Waals surface area contributed by atoms with Gasteiger partial charge in [-0.05, 0) is 70.9 Å². The quantitative estimate of drug-likeness (QED) is 0.471. The summed E-state index contributed by atoms with van der Waals surface area (Å²) in [5.41, 5.74) is 4.27. The maximum absolute atomic E-state index is 10.1. The van der Waals surface area contributed by atoms with Crippen LogP contribution in [0.3, 0.4) is 0 Å². The zero-order valence-electron chi connectivity index (χ0n) is 23.3. The number of nitriles is 1. The molecular formula is C30H34N2O7. The molecule has 3 atom stereocenters. The minimum atomic E-state index is -0.873. The second-order valence-corrected chi connectivity index (χ2v) is 9.32. The fourth-order valence-electron chi connectivity index (χ4n) is 5.41. The lowest BCUT2D eigenvalue weighted by atomic mass is 9.72. The second kappa shape index (κ2) is 11.6. The Balaban J connectivity index is 1.93. The maximum Gasteiger partial charge on any atom is 0.203 e. The molecule has 1 heterocycles. The minimum Gasteiger partial charge on any atom is -0.493 e. The Morgan fingerprint density at radius 2 is 1.36 bits per heavy atom. The van der Waals surface area contributed by atoms with E-state index in [1.165, 1.54) is 0 Å². The number of hydrogen-bond acceptors (Lipinski definition) is 9. The smallest absolute Gasteiger partial charge is 0.203 e. The number of fused-ring (bicyclic) bond motifs is 1. The molecule has 2 aliphatic rings. The average Bonchev–Trinajstić information content (AvgIpc) is 2.96. The van der Waals surface area contributed by atoms with Crippen molar-refractivity contribution in [3.8, 4) is 40.6 Å². The molecule has 3 unspecified atom stereocenters. The van der Waals surface area contributed by atoms with Gasteiger partial charge in [-0.15, -0.1) is 0 Å². The highest BCUT2D eigenvalue weighted by Crippen LogP contribution is 2.49. The van der Waals surface area contributed by atoms with E-state index in [4.69, 9.17) is 38.6 Å². The number of nitrogens with zero attached hydrogens (tertiary/aromatic N) is 1. The van der Waals surface area contributed by atoms with E-state index >= 15 is 0 Å². The molecule has 206 valence electrons. The van der Waals surface area contributed by atoms with Crippen molar-refractivity contribution in [1.29, 1.82) is 10.7 Å². The van der Waals surface area contributed by atoms with Crippen LogP contribution in [0.2, 0.25) is 0 Å². The summed E-state index contributed by atoms with van der Waals surface area (Å²) in [4.78, 5) is 0. The van der Waals surface area contributed by atoms with E-state index in [-0.39, 0.29) is 11.8 Å². The monoisotopic (exact) mass is 534 g/mol.